The van der Waals surface area contributed by atoms with E-state index in [-0.39, 0.29) is 10.7 Å². The maximum absolute atomic E-state index is 13.6. The number of nitrogens with one attached hydrogen (secondary N) is 1. The Kier molecular flexibility index (Phi) is 4.14. The number of hydrogen-bond donors (Lipinski definition) is 2. The molecule has 0 radical (unpaired) electrons. The molecule has 3 N–H and O–H groups in total. The quantitative estimate of drug-likeness (QED) is 0.849. The second-order valence-electron chi connectivity index (χ2n) is 4.03. The summed E-state index contributed by atoms with van der Waals surface area (Å²) in [4.78, 5) is 0.0565. The van der Waals surface area contributed by atoms with Gasteiger partial charge in [-0.05, 0) is 30.3 Å². The lowest BCUT2D eigenvalue weighted by atomic mass is 10.1. The Bertz CT molecular complexity index is 662. The lowest BCUT2D eigenvalue weighted by Crippen LogP contribution is -2.12. The summed E-state index contributed by atoms with van der Waals surface area (Å²) in [6, 6.07) is 8.38. The normalized spacial score (nSPS) is 10.2. The van der Waals surface area contributed by atoms with Crippen LogP contribution in [0.2, 0.25) is 0 Å². The second kappa shape index (κ2) is 5.83. The lowest BCUT2D eigenvalue weighted by molar-refractivity contribution is 0.386. The Morgan fingerprint density at radius 3 is 2.55 bits per heavy atom. The molecule has 0 aliphatic carbocycles. The minimum Gasteiger partial charge on any atom is -0.494 e. The Morgan fingerprint density at radius 2 is 1.95 bits per heavy atom. The molecule has 3 nitrogen and oxygen atoms in total. The summed E-state index contributed by atoms with van der Waals surface area (Å²) in [5.74, 6) is -0.806. The first-order valence-electron chi connectivity index (χ1n) is 5.71. The number of anilines is 2. The number of benzene rings is 2. The van der Waals surface area contributed by atoms with E-state index in [1.807, 2.05) is 0 Å². The summed E-state index contributed by atoms with van der Waals surface area (Å²) in [5, 5.41) is 2.94. The van der Waals surface area contributed by atoms with Crippen LogP contribution < -0.4 is 15.8 Å². The van der Waals surface area contributed by atoms with Gasteiger partial charge in [-0.3, -0.25) is 0 Å². The highest BCUT2D eigenvalue weighted by Gasteiger charge is 2.09. The van der Waals surface area contributed by atoms with Crippen LogP contribution in [-0.2, 0) is 0 Å². The van der Waals surface area contributed by atoms with E-state index < -0.39 is 11.6 Å². The number of methoxy groups -OCH3 is 1. The fraction of sp³-hybridized carbons (Fsp3) is 0.0714. The minimum atomic E-state index is -0.503. The predicted molar refractivity (Wildman–Crippen MR) is 78.5 cm³/mol. The average molecular weight is 294 g/mol. The first kappa shape index (κ1) is 14.2. The fourth-order valence-electron chi connectivity index (χ4n) is 1.73. The van der Waals surface area contributed by atoms with Gasteiger partial charge in [-0.1, -0.05) is 12.2 Å². The molecule has 0 atom stereocenters. The molecule has 2 aromatic rings. The van der Waals surface area contributed by atoms with Gasteiger partial charge in [0.25, 0.3) is 0 Å². The van der Waals surface area contributed by atoms with Gasteiger partial charge >= 0.3 is 0 Å². The van der Waals surface area contributed by atoms with Gasteiger partial charge in [0.2, 0.25) is 0 Å². The van der Waals surface area contributed by atoms with E-state index in [2.05, 4.69) is 5.32 Å². The summed E-state index contributed by atoms with van der Waals surface area (Å²) >= 11 is 4.87. The van der Waals surface area contributed by atoms with Gasteiger partial charge in [0.1, 0.15) is 10.8 Å². The molecule has 0 spiro atoms. The zero-order valence-corrected chi connectivity index (χ0v) is 11.4. The molecule has 2 rings (SSSR count). The van der Waals surface area contributed by atoms with E-state index >= 15 is 0 Å². The first-order valence-corrected chi connectivity index (χ1v) is 6.12. The van der Waals surface area contributed by atoms with Crippen molar-refractivity contribution in [1.29, 1.82) is 0 Å². The van der Waals surface area contributed by atoms with Crippen LogP contribution >= 0.6 is 12.2 Å². The summed E-state index contributed by atoms with van der Waals surface area (Å²) < 4.78 is 31.6. The van der Waals surface area contributed by atoms with E-state index in [1.165, 1.54) is 37.4 Å². The molecule has 0 amide bonds. The van der Waals surface area contributed by atoms with Crippen molar-refractivity contribution < 1.29 is 13.5 Å². The minimum absolute atomic E-state index is 0.0565. The molecule has 0 aliphatic heterocycles. The topological polar surface area (TPSA) is 47.3 Å². The lowest BCUT2D eigenvalue weighted by Gasteiger charge is -2.12. The molecule has 0 heterocycles. The molecule has 0 aliphatic rings. The van der Waals surface area contributed by atoms with Crippen LogP contribution in [0.3, 0.4) is 0 Å². The Hall–Kier alpha value is -2.21. The zero-order valence-electron chi connectivity index (χ0n) is 10.6. The summed E-state index contributed by atoms with van der Waals surface area (Å²) in [5.41, 5.74) is 6.88. The van der Waals surface area contributed by atoms with Crippen LogP contribution in [0.1, 0.15) is 5.56 Å². The molecule has 0 unspecified atom stereocenters. The largest absolute Gasteiger partial charge is 0.494 e. The maximum atomic E-state index is 13.6. The van der Waals surface area contributed by atoms with E-state index in [9.17, 15) is 8.78 Å². The van der Waals surface area contributed by atoms with Crippen LogP contribution in [0.25, 0.3) is 0 Å². The van der Waals surface area contributed by atoms with E-state index in [0.29, 0.717) is 16.9 Å². The van der Waals surface area contributed by atoms with Crippen molar-refractivity contribution in [2.75, 3.05) is 12.4 Å². The van der Waals surface area contributed by atoms with Crippen molar-refractivity contribution in [3.63, 3.8) is 0 Å². The van der Waals surface area contributed by atoms with Gasteiger partial charge in [-0.2, -0.15) is 0 Å². The van der Waals surface area contributed by atoms with E-state index in [0.717, 1.165) is 0 Å². The number of ether oxygens (including phenoxy) is 1. The Morgan fingerprint density at radius 1 is 1.20 bits per heavy atom. The van der Waals surface area contributed by atoms with Gasteiger partial charge in [-0.25, -0.2) is 8.78 Å². The number of hydrogen-bond acceptors (Lipinski definition) is 3. The number of nitrogens with two attached hydrogens (primary N) is 1. The van der Waals surface area contributed by atoms with Crippen LogP contribution in [0.5, 0.6) is 5.75 Å². The van der Waals surface area contributed by atoms with Crippen LogP contribution in [0, 0.1) is 11.6 Å². The van der Waals surface area contributed by atoms with Gasteiger partial charge in [0.15, 0.2) is 11.6 Å². The standard InChI is InChI=1S/C14H12F2N2OS/c1-19-13-5-3-9(7-11(13)16)18-12-4-2-8(15)6-10(12)14(17)20/h2-7,18H,1H3,(H2,17,20). The van der Waals surface area contributed by atoms with Gasteiger partial charge in [0.05, 0.1) is 7.11 Å². The molecule has 6 heteroatoms. The summed E-state index contributed by atoms with van der Waals surface area (Å²) in [7, 11) is 1.39. The molecular formula is C14H12F2N2OS. The van der Waals surface area contributed by atoms with Gasteiger partial charge in [0, 0.05) is 23.0 Å². The van der Waals surface area contributed by atoms with Crippen molar-refractivity contribution in [3.05, 3.63) is 53.6 Å². The molecule has 0 bridgehead atoms. The van der Waals surface area contributed by atoms with Gasteiger partial charge in [-0.15, -0.1) is 0 Å². The third kappa shape index (κ3) is 3.03. The number of thiocarbonyl (C=S) groups is 1. The monoisotopic (exact) mass is 294 g/mol. The average Bonchev–Trinajstić information content (AvgIpc) is 2.41. The third-order valence-electron chi connectivity index (χ3n) is 2.68. The highest BCUT2D eigenvalue weighted by atomic mass is 32.1. The SMILES string of the molecule is COc1ccc(Nc2ccc(F)cc2C(N)=S)cc1F. The first-order chi connectivity index (χ1) is 9.51. The molecular weight excluding hydrogens is 282 g/mol. The Balaban J connectivity index is 2.35. The van der Waals surface area contributed by atoms with Crippen molar-refractivity contribution >= 4 is 28.6 Å². The second-order valence-corrected chi connectivity index (χ2v) is 4.47. The molecule has 0 saturated heterocycles. The molecule has 104 valence electrons. The zero-order chi connectivity index (χ0) is 14.7. The van der Waals surface area contributed by atoms with Crippen molar-refractivity contribution in [2.45, 2.75) is 0 Å². The molecule has 0 fully saturated rings. The Labute approximate surface area is 120 Å². The fourth-order valence-corrected chi connectivity index (χ4v) is 1.90. The van der Waals surface area contributed by atoms with E-state index in [4.69, 9.17) is 22.7 Å². The van der Waals surface area contributed by atoms with Crippen molar-refractivity contribution in [1.82, 2.24) is 0 Å². The predicted octanol–water partition coefficient (Wildman–Crippen LogP) is 3.35. The third-order valence-corrected chi connectivity index (χ3v) is 2.90. The molecule has 2 aromatic carbocycles. The highest BCUT2D eigenvalue weighted by Crippen LogP contribution is 2.25. The van der Waals surface area contributed by atoms with Crippen LogP contribution in [0.4, 0.5) is 20.2 Å². The number of halogens is 2. The maximum Gasteiger partial charge on any atom is 0.167 e. The van der Waals surface area contributed by atoms with Crippen molar-refractivity contribution in [2.24, 2.45) is 5.73 Å². The van der Waals surface area contributed by atoms with Gasteiger partial charge < -0.3 is 15.8 Å². The van der Waals surface area contributed by atoms with Crippen molar-refractivity contribution in [3.8, 4) is 5.75 Å². The summed E-state index contributed by atoms with van der Waals surface area (Å²) in [6.45, 7) is 0. The number of rotatable bonds is 4. The van der Waals surface area contributed by atoms with E-state index in [1.54, 1.807) is 6.07 Å². The molecule has 0 saturated carbocycles. The molecule has 0 aromatic heterocycles. The van der Waals surface area contributed by atoms with Crippen LogP contribution in [-0.4, -0.2) is 12.1 Å². The van der Waals surface area contributed by atoms with Crippen LogP contribution in [0.15, 0.2) is 36.4 Å². The smallest absolute Gasteiger partial charge is 0.167 e. The highest BCUT2D eigenvalue weighted by molar-refractivity contribution is 7.80. The summed E-state index contributed by atoms with van der Waals surface area (Å²) in [6.07, 6.45) is 0. The molecule has 20 heavy (non-hydrogen) atoms.